The number of anilines is 2. The SMILES string of the molecule is COC(=O)[C@]1([C@@]2(C(=O)OC)C(=O)N(C)c3ccccc32)C(=O)N(C)c2ccccc21. The highest BCUT2D eigenvalue weighted by molar-refractivity contribution is 6.34. The van der Waals surface area contributed by atoms with E-state index < -0.39 is 34.6 Å². The van der Waals surface area contributed by atoms with Crippen LogP contribution in [0.5, 0.6) is 0 Å². The smallest absolute Gasteiger partial charge is 0.328 e. The van der Waals surface area contributed by atoms with Crippen LogP contribution in [-0.4, -0.2) is 52.1 Å². The summed E-state index contributed by atoms with van der Waals surface area (Å²) in [6.07, 6.45) is 0. The van der Waals surface area contributed by atoms with Crippen LogP contribution in [0.1, 0.15) is 11.1 Å². The van der Waals surface area contributed by atoms with Crippen LogP contribution in [0.3, 0.4) is 0 Å². The van der Waals surface area contributed by atoms with Crippen molar-refractivity contribution in [3.05, 3.63) is 59.7 Å². The Balaban J connectivity index is 2.24. The molecule has 4 rings (SSSR count). The van der Waals surface area contributed by atoms with E-state index in [1.165, 1.54) is 23.9 Å². The third-order valence-electron chi connectivity index (χ3n) is 6.14. The number of hydrogen-bond donors (Lipinski definition) is 0. The maximum Gasteiger partial charge on any atom is 0.328 e. The van der Waals surface area contributed by atoms with E-state index in [4.69, 9.17) is 9.47 Å². The van der Waals surface area contributed by atoms with E-state index in [0.717, 1.165) is 14.2 Å². The van der Waals surface area contributed by atoms with Gasteiger partial charge in [-0.2, -0.15) is 0 Å². The molecule has 2 amide bonds. The number of likely N-dealkylation sites (N-methyl/N-ethyl adjacent to an activating group) is 2. The van der Waals surface area contributed by atoms with Crippen molar-refractivity contribution in [1.29, 1.82) is 0 Å². The fraction of sp³-hybridized carbons (Fsp3) is 0.273. The number of benzene rings is 2. The summed E-state index contributed by atoms with van der Waals surface area (Å²) < 4.78 is 10.2. The molecule has 0 saturated heterocycles. The zero-order chi connectivity index (χ0) is 21.8. The molecule has 0 radical (unpaired) electrons. The van der Waals surface area contributed by atoms with Crippen LogP contribution < -0.4 is 9.80 Å². The Bertz CT molecular complexity index is 1020. The van der Waals surface area contributed by atoms with Crippen molar-refractivity contribution in [2.24, 2.45) is 0 Å². The lowest BCUT2D eigenvalue weighted by molar-refractivity contribution is -0.168. The predicted octanol–water partition coefficient (Wildman–Crippen LogP) is 1.16. The number of carbonyl (C=O) groups is 4. The van der Waals surface area contributed by atoms with Gasteiger partial charge in [-0.1, -0.05) is 36.4 Å². The normalized spacial score (nSPS) is 24.5. The molecule has 154 valence electrons. The zero-order valence-electron chi connectivity index (χ0n) is 17.0. The summed E-state index contributed by atoms with van der Waals surface area (Å²) in [5.74, 6) is -3.49. The van der Waals surface area contributed by atoms with Gasteiger partial charge in [0.1, 0.15) is 0 Å². The molecule has 0 bridgehead atoms. The Morgan fingerprint density at radius 3 is 1.37 bits per heavy atom. The third kappa shape index (κ3) is 1.91. The Labute approximate surface area is 173 Å². The molecule has 0 fully saturated rings. The number of carbonyl (C=O) groups excluding carboxylic acids is 4. The van der Waals surface area contributed by atoms with Crippen molar-refractivity contribution in [2.75, 3.05) is 38.1 Å². The first-order chi connectivity index (χ1) is 14.3. The van der Waals surface area contributed by atoms with Crippen molar-refractivity contribution in [2.45, 2.75) is 10.8 Å². The van der Waals surface area contributed by atoms with Crippen LogP contribution >= 0.6 is 0 Å². The Kier molecular flexibility index (Phi) is 4.20. The predicted molar refractivity (Wildman–Crippen MR) is 107 cm³/mol. The van der Waals surface area contributed by atoms with Gasteiger partial charge in [0.15, 0.2) is 0 Å². The van der Waals surface area contributed by atoms with Gasteiger partial charge in [0.25, 0.3) is 11.8 Å². The molecule has 2 atom stereocenters. The minimum absolute atomic E-state index is 0.216. The highest BCUT2D eigenvalue weighted by atomic mass is 16.5. The zero-order valence-corrected chi connectivity index (χ0v) is 17.0. The number of ether oxygens (including phenoxy) is 2. The molecule has 2 heterocycles. The molecule has 0 saturated carbocycles. The molecule has 0 spiro atoms. The quantitative estimate of drug-likeness (QED) is 0.559. The van der Waals surface area contributed by atoms with Gasteiger partial charge in [-0.15, -0.1) is 0 Å². The van der Waals surface area contributed by atoms with Gasteiger partial charge in [0, 0.05) is 36.6 Å². The minimum atomic E-state index is -2.28. The minimum Gasteiger partial charge on any atom is -0.468 e. The van der Waals surface area contributed by atoms with Gasteiger partial charge in [0.05, 0.1) is 14.2 Å². The summed E-state index contributed by atoms with van der Waals surface area (Å²) in [7, 11) is 5.23. The lowest BCUT2D eigenvalue weighted by Crippen LogP contribution is -2.67. The first-order valence-corrected chi connectivity index (χ1v) is 9.23. The fourth-order valence-electron chi connectivity index (χ4n) is 4.85. The second kappa shape index (κ2) is 6.41. The number of methoxy groups -OCH3 is 2. The maximum atomic E-state index is 13.8. The van der Waals surface area contributed by atoms with E-state index in [0.29, 0.717) is 11.4 Å². The Hall–Kier alpha value is -3.68. The van der Waals surface area contributed by atoms with Gasteiger partial charge in [-0.3, -0.25) is 19.2 Å². The topological polar surface area (TPSA) is 93.2 Å². The van der Waals surface area contributed by atoms with Crippen molar-refractivity contribution in [1.82, 2.24) is 0 Å². The molecule has 30 heavy (non-hydrogen) atoms. The average Bonchev–Trinajstić information content (AvgIpc) is 3.15. The van der Waals surface area contributed by atoms with Crippen LogP contribution in [0.4, 0.5) is 11.4 Å². The number of para-hydroxylation sites is 2. The number of esters is 2. The van der Waals surface area contributed by atoms with Crippen molar-refractivity contribution in [3.63, 3.8) is 0 Å². The average molecular weight is 408 g/mol. The van der Waals surface area contributed by atoms with E-state index in [2.05, 4.69) is 0 Å². The second-order valence-corrected chi connectivity index (χ2v) is 7.25. The summed E-state index contributed by atoms with van der Waals surface area (Å²) in [5, 5.41) is 0. The summed E-state index contributed by atoms with van der Waals surface area (Å²) in [4.78, 5) is 57.1. The highest BCUT2D eigenvalue weighted by Gasteiger charge is 2.78. The van der Waals surface area contributed by atoms with Gasteiger partial charge in [-0.25, -0.2) is 0 Å². The second-order valence-electron chi connectivity index (χ2n) is 7.25. The van der Waals surface area contributed by atoms with E-state index in [1.54, 1.807) is 48.5 Å². The van der Waals surface area contributed by atoms with Crippen LogP contribution in [0, 0.1) is 0 Å². The van der Waals surface area contributed by atoms with Gasteiger partial charge in [-0.05, 0) is 12.1 Å². The molecule has 8 nitrogen and oxygen atoms in total. The Morgan fingerprint density at radius 1 is 0.700 bits per heavy atom. The molecule has 0 aromatic heterocycles. The molecule has 2 aromatic carbocycles. The number of nitrogens with zero attached hydrogens (tertiary/aromatic N) is 2. The Morgan fingerprint density at radius 2 is 1.03 bits per heavy atom. The van der Waals surface area contributed by atoms with E-state index in [1.807, 2.05) is 0 Å². The molecular formula is C22H20N2O6. The monoisotopic (exact) mass is 408 g/mol. The summed E-state index contributed by atoms with van der Waals surface area (Å²) in [5.41, 5.74) is -3.30. The first kappa shape index (κ1) is 19.6. The summed E-state index contributed by atoms with van der Waals surface area (Å²) in [6.45, 7) is 0. The summed E-state index contributed by atoms with van der Waals surface area (Å²) in [6, 6.07) is 13.1. The lowest BCUT2D eigenvalue weighted by atomic mass is 9.57. The van der Waals surface area contributed by atoms with Gasteiger partial charge >= 0.3 is 11.9 Å². The van der Waals surface area contributed by atoms with Crippen molar-refractivity contribution in [3.8, 4) is 0 Å². The van der Waals surface area contributed by atoms with Crippen LogP contribution in [0.25, 0.3) is 0 Å². The largest absolute Gasteiger partial charge is 0.468 e. The first-order valence-electron chi connectivity index (χ1n) is 9.23. The molecule has 0 aliphatic carbocycles. The van der Waals surface area contributed by atoms with Crippen molar-refractivity contribution < 1.29 is 28.7 Å². The molecule has 8 heteroatoms. The third-order valence-corrected chi connectivity index (χ3v) is 6.14. The molecule has 2 aromatic rings. The van der Waals surface area contributed by atoms with E-state index >= 15 is 0 Å². The molecular weight excluding hydrogens is 388 g/mol. The maximum absolute atomic E-state index is 13.8. The lowest BCUT2D eigenvalue weighted by Gasteiger charge is -2.39. The molecule has 0 unspecified atom stereocenters. The van der Waals surface area contributed by atoms with Gasteiger partial charge in [0.2, 0.25) is 10.8 Å². The van der Waals surface area contributed by atoms with Crippen LogP contribution in [0.15, 0.2) is 48.5 Å². The van der Waals surface area contributed by atoms with E-state index in [9.17, 15) is 19.2 Å². The van der Waals surface area contributed by atoms with Crippen LogP contribution in [0.2, 0.25) is 0 Å². The molecule has 0 N–H and O–H groups in total. The van der Waals surface area contributed by atoms with E-state index in [-0.39, 0.29) is 11.1 Å². The number of fused-ring (bicyclic) bond motifs is 2. The standard InChI is InChI=1S/C22H20N2O6/c1-23-15-11-7-5-9-13(15)21(17(23)25,19(27)29-3)22(20(28)30-4)14-10-6-8-12-16(14)24(2)18(22)26/h5-12H,1-4H3/t21-,22-/m1/s1. The summed E-state index contributed by atoms with van der Waals surface area (Å²) >= 11 is 0. The van der Waals surface area contributed by atoms with Crippen molar-refractivity contribution >= 4 is 35.1 Å². The highest BCUT2D eigenvalue weighted by Crippen LogP contribution is 2.58. The molecule has 2 aliphatic rings. The number of rotatable bonds is 3. The number of amides is 2. The van der Waals surface area contributed by atoms with Crippen LogP contribution in [-0.2, 0) is 39.5 Å². The van der Waals surface area contributed by atoms with Gasteiger partial charge < -0.3 is 19.3 Å². The molecule has 2 aliphatic heterocycles. The number of hydrogen-bond acceptors (Lipinski definition) is 6. The fourth-order valence-corrected chi connectivity index (χ4v) is 4.85.